The van der Waals surface area contributed by atoms with Gasteiger partial charge in [0.25, 0.3) is 5.91 Å². The number of hydrogen-bond acceptors (Lipinski definition) is 8. The molecule has 1 saturated heterocycles. The van der Waals surface area contributed by atoms with Crippen LogP contribution in [-0.2, 0) is 22.6 Å². The van der Waals surface area contributed by atoms with Gasteiger partial charge in [0.15, 0.2) is 0 Å². The van der Waals surface area contributed by atoms with E-state index in [4.69, 9.17) is 14.5 Å². The number of amides is 3. The Kier molecular flexibility index (Phi) is 7.32. The Morgan fingerprint density at radius 3 is 2.48 bits per heavy atom. The van der Waals surface area contributed by atoms with E-state index in [1.54, 1.807) is 30.1 Å². The highest BCUT2D eigenvalue weighted by Crippen LogP contribution is 2.35. The Hall–Kier alpha value is -3.89. The van der Waals surface area contributed by atoms with E-state index in [0.717, 1.165) is 18.4 Å². The number of rotatable bonds is 6. The van der Waals surface area contributed by atoms with Gasteiger partial charge in [-0.05, 0) is 58.7 Å². The van der Waals surface area contributed by atoms with Crippen LogP contribution in [0, 0.1) is 0 Å². The van der Waals surface area contributed by atoms with Crippen LogP contribution >= 0.6 is 0 Å². The first-order valence-corrected chi connectivity index (χ1v) is 13.9. The topological polar surface area (TPSA) is 108 Å². The molecule has 2 fully saturated rings. The van der Waals surface area contributed by atoms with E-state index in [2.05, 4.69) is 9.88 Å². The lowest BCUT2D eigenvalue weighted by molar-refractivity contribution is 0.0282. The molecule has 5 rings (SSSR count). The highest BCUT2D eigenvalue weighted by molar-refractivity contribution is 6.10. The van der Waals surface area contributed by atoms with Gasteiger partial charge in [0.2, 0.25) is 0 Å². The van der Waals surface area contributed by atoms with Crippen molar-refractivity contribution in [1.82, 2.24) is 14.9 Å². The predicted octanol–water partition coefficient (Wildman–Crippen LogP) is 4.73. The maximum Gasteiger partial charge on any atom is 0.415 e. The molecule has 3 amide bonds. The number of fused-ring (bicyclic) bond motifs is 1. The van der Waals surface area contributed by atoms with E-state index >= 15 is 0 Å². The summed E-state index contributed by atoms with van der Waals surface area (Å²) in [7, 11) is 3.69. The van der Waals surface area contributed by atoms with Crippen molar-refractivity contribution in [2.45, 2.75) is 84.2 Å². The van der Waals surface area contributed by atoms with E-state index in [9.17, 15) is 14.4 Å². The fourth-order valence-electron chi connectivity index (χ4n) is 5.49. The molecule has 11 nitrogen and oxygen atoms in total. The molecular weight excluding hydrogens is 512 g/mol. The second-order valence-electron chi connectivity index (χ2n) is 11.9. The largest absolute Gasteiger partial charge is 0.447 e. The number of carbonyl (C=O) groups excluding carboxylic acids is 3. The molecular formula is C29H38N6O5. The Labute approximate surface area is 235 Å². The average Bonchev–Trinajstić information content (AvgIpc) is 3.63. The van der Waals surface area contributed by atoms with E-state index < -0.39 is 17.8 Å². The number of cyclic esters (lactones) is 1. The van der Waals surface area contributed by atoms with Crippen LogP contribution in [0.1, 0.15) is 75.0 Å². The molecule has 0 radical (unpaired) electrons. The molecule has 0 spiro atoms. The van der Waals surface area contributed by atoms with Gasteiger partial charge in [-0.15, -0.1) is 0 Å². The van der Waals surface area contributed by atoms with E-state index in [0.29, 0.717) is 34.8 Å². The SMILES string of the molecule is C[C@H]1COC(=O)N1c1cccc(N2Cc3c(cc(N(C)C4CCCC4)nc3CN(C)C(=O)OC(C)(C)C)C2=O)n1. The third-order valence-corrected chi connectivity index (χ3v) is 7.64. The lowest BCUT2D eigenvalue weighted by Gasteiger charge is -2.28. The van der Waals surface area contributed by atoms with Crippen LogP contribution in [0.3, 0.4) is 0 Å². The number of aromatic nitrogens is 2. The van der Waals surface area contributed by atoms with Crippen molar-refractivity contribution in [3.8, 4) is 0 Å². The molecule has 1 saturated carbocycles. The quantitative estimate of drug-likeness (QED) is 0.508. The summed E-state index contributed by atoms with van der Waals surface area (Å²) in [5.41, 5.74) is 1.32. The maximum absolute atomic E-state index is 13.8. The van der Waals surface area contributed by atoms with Gasteiger partial charge in [-0.3, -0.25) is 14.6 Å². The molecule has 0 aromatic carbocycles. The molecule has 214 valence electrons. The Morgan fingerprint density at radius 1 is 1.12 bits per heavy atom. The van der Waals surface area contributed by atoms with Crippen molar-refractivity contribution in [2.24, 2.45) is 0 Å². The fourth-order valence-corrected chi connectivity index (χ4v) is 5.49. The Morgan fingerprint density at radius 2 is 1.82 bits per heavy atom. The zero-order valence-corrected chi connectivity index (χ0v) is 24.1. The average molecular weight is 551 g/mol. The van der Waals surface area contributed by atoms with Gasteiger partial charge in [0.05, 0.1) is 30.4 Å². The molecule has 0 bridgehead atoms. The number of anilines is 3. The summed E-state index contributed by atoms with van der Waals surface area (Å²) < 4.78 is 10.7. The standard InChI is InChI=1S/C29H38N6O5/c1-18-17-39-28(38)35(18)24-13-9-12-23(31-24)34-15-21-20(26(34)36)14-25(33(6)19-10-7-8-11-19)30-22(21)16-32(5)27(37)40-29(2,3)4/h9,12-14,18-19H,7-8,10-11,15-17H2,1-6H3/t18-/m0/s1. The van der Waals surface area contributed by atoms with Gasteiger partial charge in [0.1, 0.15) is 29.7 Å². The first kappa shape index (κ1) is 27.7. The highest BCUT2D eigenvalue weighted by Gasteiger charge is 2.36. The summed E-state index contributed by atoms with van der Waals surface area (Å²) in [5.74, 6) is 1.38. The first-order chi connectivity index (χ1) is 18.9. The third-order valence-electron chi connectivity index (χ3n) is 7.64. The van der Waals surface area contributed by atoms with Crippen LogP contribution < -0.4 is 14.7 Å². The van der Waals surface area contributed by atoms with E-state index in [1.807, 2.05) is 40.8 Å². The highest BCUT2D eigenvalue weighted by atomic mass is 16.6. The van der Waals surface area contributed by atoms with Gasteiger partial charge in [-0.2, -0.15) is 0 Å². The second kappa shape index (κ2) is 10.6. The summed E-state index contributed by atoms with van der Waals surface area (Å²) in [6.07, 6.45) is 3.59. The molecule has 2 aliphatic heterocycles. The molecule has 0 unspecified atom stereocenters. The van der Waals surface area contributed by atoms with E-state index in [-0.39, 0.29) is 31.6 Å². The van der Waals surface area contributed by atoms with Gasteiger partial charge in [0, 0.05) is 25.7 Å². The number of ether oxygens (including phenoxy) is 2. The minimum atomic E-state index is -0.631. The smallest absolute Gasteiger partial charge is 0.415 e. The monoisotopic (exact) mass is 550 g/mol. The minimum Gasteiger partial charge on any atom is -0.447 e. The molecule has 4 heterocycles. The number of carbonyl (C=O) groups is 3. The van der Waals surface area contributed by atoms with Crippen LogP contribution in [-0.4, -0.2) is 71.3 Å². The van der Waals surface area contributed by atoms with Crippen molar-refractivity contribution >= 4 is 35.5 Å². The lowest BCUT2D eigenvalue weighted by Crippen LogP contribution is -2.34. The number of nitrogens with zero attached hydrogens (tertiary/aromatic N) is 6. The van der Waals surface area contributed by atoms with Crippen molar-refractivity contribution < 1.29 is 23.9 Å². The van der Waals surface area contributed by atoms with Crippen LogP contribution in [0.25, 0.3) is 0 Å². The second-order valence-corrected chi connectivity index (χ2v) is 11.9. The number of hydrogen-bond donors (Lipinski definition) is 0. The molecule has 0 N–H and O–H groups in total. The van der Waals surface area contributed by atoms with Gasteiger partial charge >= 0.3 is 12.2 Å². The molecule has 40 heavy (non-hydrogen) atoms. The van der Waals surface area contributed by atoms with Crippen LogP contribution in [0.15, 0.2) is 24.3 Å². The first-order valence-electron chi connectivity index (χ1n) is 13.9. The minimum absolute atomic E-state index is 0.158. The summed E-state index contributed by atoms with van der Waals surface area (Å²) in [4.78, 5) is 55.3. The predicted molar refractivity (Wildman–Crippen MR) is 151 cm³/mol. The molecule has 2 aromatic rings. The zero-order chi connectivity index (χ0) is 28.8. The summed E-state index contributed by atoms with van der Waals surface area (Å²) in [6, 6.07) is 7.32. The van der Waals surface area contributed by atoms with Gasteiger partial charge in [-0.1, -0.05) is 18.9 Å². The molecule has 1 atom stereocenters. The van der Waals surface area contributed by atoms with E-state index in [1.165, 1.54) is 22.6 Å². The normalized spacial score (nSPS) is 19.2. The fraction of sp³-hybridized carbons (Fsp3) is 0.552. The molecule has 2 aromatic heterocycles. The van der Waals surface area contributed by atoms with Crippen molar-refractivity contribution in [2.75, 3.05) is 35.4 Å². The number of pyridine rings is 2. The van der Waals surface area contributed by atoms with Crippen molar-refractivity contribution in [3.63, 3.8) is 0 Å². The van der Waals surface area contributed by atoms with Crippen LogP contribution in [0.4, 0.5) is 27.0 Å². The summed E-state index contributed by atoms with van der Waals surface area (Å²) in [6.45, 7) is 8.09. The Bertz CT molecular complexity index is 1320. The van der Waals surface area contributed by atoms with Crippen LogP contribution in [0.5, 0.6) is 0 Å². The summed E-state index contributed by atoms with van der Waals surface area (Å²) >= 11 is 0. The van der Waals surface area contributed by atoms with Crippen LogP contribution in [0.2, 0.25) is 0 Å². The van der Waals surface area contributed by atoms with Gasteiger partial charge in [-0.25, -0.2) is 19.6 Å². The molecule has 11 heteroatoms. The molecule has 3 aliphatic rings. The third kappa shape index (κ3) is 5.41. The summed E-state index contributed by atoms with van der Waals surface area (Å²) in [5, 5.41) is 0. The van der Waals surface area contributed by atoms with Crippen molar-refractivity contribution in [3.05, 3.63) is 41.1 Å². The van der Waals surface area contributed by atoms with Gasteiger partial charge < -0.3 is 19.3 Å². The maximum atomic E-state index is 13.8. The molecule has 1 aliphatic carbocycles. The Balaban J connectivity index is 1.48. The zero-order valence-electron chi connectivity index (χ0n) is 24.1. The lowest BCUT2D eigenvalue weighted by atomic mass is 10.1. The van der Waals surface area contributed by atoms with Crippen molar-refractivity contribution in [1.29, 1.82) is 0 Å².